The van der Waals surface area contributed by atoms with Crippen molar-refractivity contribution in [3.8, 4) is 0 Å². The quantitative estimate of drug-likeness (QED) is 0.766. The molecule has 2 aromatic rings. The maximum Gasteiger partial charge on any atom is 0.338 e. The van der Waals surface area contributed by atoms with E-state index in [1.165, 1.54) is 0 Å². The number of carbonyl (C=O) groups excluding carboxylic acids is 3. The van der Waals surface area contributed by atoms with Gasteiger partial charge in [0.25, 0.3) is 5.91 Å². The maximum atomic E-state index is 12.2. The fourth-order valence-electron chi connectivity index (χ4n) is 2.45. The van der Waals surface area contributed by atoms with Crippen molar-refractivity contribution in [3.05, 3.63) is 46.2 Å². The monoisotopic (exact) mass is 390 g/mol. The maximum absolute atomic E-state index is 12.2. The molecule has 136 valence electrons. The molecular weight excluding hydrogens is 372 g/mol. The van der Waals surface area contributed by atoms with Crippen LogP contribution in [0.4, 0.5) is 5.69 Å². The van der Waals surface area contributed by atoms with E-state index in [0.717, 1.165) is 9.77 Å². The van der Waals surface area contributed by atoms with Crippen molar-refractivity contribution >= 4 is 46.6 Å². The van der Waals surface area contributed by atoms with Crippen LogP contribution in [0.1, 0.15) is 34.6 Å². The Morgan fingerprint density at radius 1 is 1.35 bits per heavy atom. The number of nitrogens with one attached hydrogen (secondary N) is 2. The first-order valence-corrected chi connectivity index (χ1v) is 9.96. The molecule has 0 aliphatic carbocycles. The number of fused-ring (bicyclic) bond motifs is 1. The molecule has 0 radical (unpaired) electrons. The second-order valence-electron chi connectivity index (χ2n) is 5.74. The van der Waals surface area contributed by atoms with Crippen LogP contribution in [0.5, 0.6) is 0 Å². The molecule has 0 bridgehead atoms. The number of rotatable bonds is 5. The number of amides is 2. The fraction of sp³-hybridized carbons (Fsp3) is 0.278. The topological polar surface area (TPSA) is 84.5 Å². The predicted molar refractivity (Wildman–Crippen MR) is 102 cm³/mol. The summed E-state index contributed by atoms with van der Waals surface area (Å²) in [6.45, 7) is 1.52. The molecule has 2 heterocycles. The van der Waals surface area contributed by atoms with Gasteiger partial charge in [-0.15, -0.1) is 23.1 Å². The summed E-state index contributed by atoms with van der Waals surface area (Å²) in [4.78, 5) is 37.8. The molecule has 0 unspecified atom stereocenters. The summed E-state index contributed by atoms with van der Waals surface area (Å²) < 4.78 is 5.09. The van der Waals surface area contributed by atoms with Gasteiger partial charge in [0.1, 0.15) is 0 Å². The number of ether oxygens (including phenoxy) is 1. The van der Waals surface area contributed by atoms with Crippen LogP contribution in [-0.2, 0) is 14.3 Å². The molecule has 0 spiro atoms. The molecule has 0 saturated heterocycles. The molecule has 1 aliphatic heterocycles. The van der Waals surface area contributed by atoms with Crippen LogP contribution in [0.3, 0.4) is 0 Å². The Morgan fingerprint density at radius 2 is 2.19 bits per heavy atom. The Balaban J connectivity index is 1.56. The molecule has 1 aromatic heterocycles. The largest absolute Gasteiger partial charge is 0.452 e. The average molecular weight is 390 g/mol. The lowest BCUT2D eigenvalue weighted by atomic mass is 10.2. The lowest BCUT2D eigenvalue weighted by Gasteiger charge is -2.13. The first-order chi connectivity index (χ1) is 12.5. The summed E-state index contributed by atoms with van der Waals surface area (Å²) in [6, 6.07) is 8.71. The van der Waals surface area contributed by atoms with Gasteiger partial charge in [0.05, 0.1) is 17.3 Å². The van der Waals surface area contributed by atoms with Crippen LogP contribution < -0.4 is 10.6 Å². The van der Waals surface area contributed by atoms with Gasteiger partial charge in [-0.25, -0.2) is 4.79 Å². The van der Waals surface area contributed by atoms with Gasteiger partial charge in [0.2, 0.25) is 5.91 Å². The SMILES string of the molecule is C[C@H](NC(=O)COC(=O)c1ccc2c(c1)NC(=O)CCS2)c1cccs1. The molecule has 1 atom stereocenters. The summed E-state index contributed by atoms with van der Waals surface area (Å²) in [5.41, 5.74) is 0.897. The minimum absolute atomic E-state index is 0.0799. The van der Waals surface area contributed by atoms with Gasteiger partial charge in [-0.2, -0.15) is 0 Å². The van der Waals surface area contributed by atoms with E-state index < -0.39 is 5.97 Å². The molecular formula is C18H18N2O4S2. The van der Waals surface area contributed by atoms with E-state index in [1.807, 2.05) is 24.4 Å². The summed E-state index contributed by atoms with van der Waals surface area (Å²) >= 11 is 3.11. The summed E-state index contributed by atoms with van der Waals surface area (Å²) in [5, 5.41) is 7.50. The second-order valence-corrected chi connectivity index (χ2v) is 7.85. The van der Waals surface area contributed by atoms with Crippen molar-refractivity contribution in [1.29, 1.82) is 0 Å². The molecule has 26 heavy (non-hydrogen) atoms. The van der Waals surface area contributed by atoms with Crippen molar-refractivity contribution in [2.45, 2.75) is 24.3 Å². The normalized spacial score (nSPS) is 14.6. The first kappa shape index (κ1) is 18.5. The fourth-order valence-corrected chi connectivity index (χ4v) is 4.12. The van der Waals surface area contributed by atoms with Crippen molar-refractivity contribution in [1.82, 2.24) is 5.32 Å². The lowest BCUT2D eigenvalue weighted by molar-refractivity contribution is -0.124. The van der Waals surface area contributed by atoms with Crippen LogP contribution in [-0.4, -0.2) is 30.1 Å². The second kappa shape index (κ2) is 8.37. The van der Waals surface area contributed by atoms with E-state index >= 15 is 0 Å². The molecule has 2 N–H and O–H groups in total. The van der Waals surface area contributed by atoms with Gasteiger partial charge >= 0.3 is 5.97 Å². The Hall–Kier alpha value is -2.32. The molecule has 3 rings (SSSR count). The smallest absolute Gasteiger partial charge is 0.338 e. The Kier molecular flexibility index (Phi) is 5.95. The Bertz CT molecular complexity index is 821. The summed E-state index contributed by atoms with van der Waals surface area (Å²) in [7, 11) is 0. The van der Waals surface area contributed by atoms with Crippen LogP contribution in [0.2, 0.25) is 0 Å². The van der Waals surface area contributed by atoms with Gasteiger partial charge in [0.15, 0.2) is 6.61 Å². The van der Waals surface area contributed by atoms with E-state index in [0.29, 0.717) is 23.4 Å². The lowest BCUT2D eigenvalue weighted by Crippen LogP contribution is -2.30. The molecule has 6 nitrogen and oxygen atoms in total. The minimum Gasteiger partial charge on any atom is -0.452 e. The Labute approximate surface area is 159 Å². The summed E-state index contributed by atoms with van der Waals surface area (Å²) in [6.07, 6.45) is 0.432. The van der Waals surface area contributed by atoms with E-state index in [2.05, 4.69) is 10.6 Å². The van der Waals surface area contributed by atoms with Gasteiger partial charge < -0.3 is 15.4 Å². The molecule has 1 aliphatic rings. The van der Waals surface area contributed by atoms with E-state index in [1.54, 1.807) is 41.3 Å². The number of thioether (sulfide) groups is 1. The number of esters is 1. The zero-order chi connectivity index (χ0) is 18.5. The predicted octanol–water partition coefficient (Wildman–Crippen LogP) is 3.22. The number of anilines is 1. The molecule has 8 heteroatoms. The number of benzene rings is 1. The first-order valence-electron chi connectivity index (χ1n) is 8.09. The molecule has 0 saturated carbocycles. The van der Waals surface area contributed by atoms with Gasteiger partial charge in [-0.3, -0.25) is 9.59 Å². The third kappa shape index (κ3) is 4.64. The van der Waals surface area contributed by atoms with Crippen molar-refractivity contribution in [2.24, 2.45) is 0 Å². The van der Waals surface area contributed by atoms with Crippen LogP contribution in [0.15, 0.2) is 40.6 Å². The van der Waals surface area contributed by atoms with Crippen molar-refractivity contribution in [3.63, 3.8) is 0 Å². The van der Waals surface area contributed by atoms with Crippen LogP contribution in [0, 0.1) is 0 Å². The highest BCUT2D eigenvalue weighted by molar-refractivity contribution is 7.99. The third-order valence-corrected chi connectivity index (χ3v) is 5.89. The average Bonchev–Trinajstić information content (AvgIpc) is 3.09. The minimum atomic E-state index is -0.602. The van der Waals surface area contributed by atoms with Crippen LogP contribution in [0.25, 0.3) is 0 Å². The van der Waals surface area contributed by atoms with Gasteiger partial charge in [-0.1, -0.05) is 6.07 Å². The standard InChI is InChI=1S/C18H18N2O4S2/c1-11(14-3-2-7-25-14)19-17(22)10-24-18(23)12-4-5-15-13(9-12)20-16(21)6-8-26-15/h2-5,7,9,11H,6,8,10H2,1H3,(H,19,22)(H,20,21)/t11-/m0/s1. The highest BCUT2D eigenvalue weighted by Gasteiger charge is 2.18. The summed E-state index contributed by atoms with van der Waals surface area (Å²) in [5.74, 6) is -0.345. The highest BCUT2D eigenvalue weighted by atomic mass is 32.2. The number of hydrogen-bond acceptors (Lipinski definition) is 6. The van der Waals surface area contributed by atoms with Crippen molar-refractivity contribution in [2.75, 3.05) is 17.7 Å². The van der Waals surface area contributed by atoms with E-state index in [9.17, 15) is 14.4 Å². The molecule has 2 amide bonds. The van der Waals surface area contributed by atoms with E-state index in [-0.39, 0.29) is 24.5 Å². The van der Waals surface area contributed by atoms with Crippen LogP contribution >= 0.6 is 23.1 Å². The van der Waals surface area contributed by atoms with Crippen molar-refractivity contribution < 1.29 is 19.1 Å². The van der Waals surface area contributed by atoms with Gasteiger partial charge in [-0.05, 0) is 36.6 Å². The third-order valence-electron chi connectivity index (χ3n) is 3.76. The zero-order valence-corrected chi connectivity index (χ0v) is 15.7. The number of hydrogen-bond donors (Lipinski definition) is 2. The number of carbonyl (C=O) groups is 3. The highest BCUT2D eigenvalue weighted by Crippen LogP contribution is 2.31. The van der Waals surface area contributed by atoms with Gasteiger partial charge in [0, 0.05) is 21.9 Å². The van der Waals surface area contributed by atoms with E-state index in [4.69, 9.17) is 4.74 Å². The zero-order valence-electron chi connectivity index (χ0n) is 14.1. The Morgan fingerprint density at radius 3 is 2.96 bits per heavy atom. The molecule has 0 fully saturated rings. The molecule has 1 aromatic carbocycles. The number of thiophene rings is 1.